The minimum Gasteiger partial charge on any atom is -0.353 e. The quantitative estimate of drug-likeness (QED) is 0.908. The van der Waals surface area contributed by atoms with E-state index < -0.39 is 0 Å². The molecule has 0 aromatic heterocycles. The highest BCUT2D eigenvalue weighted by Gasteiger charge is 2.23. The predicted octanol–water partition coefficient (Wildman–Crippen LogP) is 2.44. The van der Waals surface area contributed by atoms with Gasteiger partial charge in [-0.25, -0.2) is 0 Å². The van der Waals surface area contributed by atoms with Gasteiger partial charge in [0.25, 0.3) is 0 Å². The summed E-state index contributed by atoms with van der Waals surface area (Å²) in [5.74, 6) is 0.319. The van der Waals surface area contributed by atoms with Gasteiger partial charge in [0.1, 0.15) is 0 Å². The average Bonchev–Trinajstić information content (AvgIpc) is 2.50. The van der Waals surface area contributed by atoms with Crippen LogP contribution in [-0.2, 0) is 16.0 Å². The number of aryl methyl sites for hydroxylation is 1. The zero-order valence-electron chi connectivity index (χ0n) is 13.6. The summed E-state index contributed by atoms with van der Waals surface area (Å²) in [7, 11) is 0. The van der Waals surface area contributed by atoms with Gasteiger partial charge < -0.3 is 10.2 Å². The van der Waals surface area contributed by atoms with Crippen molar-refractivity contribution in [2.75, 3.05) is 13.1 Å². The lowest BCUT2D eigenvalue weighted by molar-refractivity contribution is -0.131. The molecular weight excluding hydrogens is 276 g/mol. The Morgan fingerprint density at radius 2 is 1.91 bits per heavy atom. The molecule has 0 radical (unpaired) electrons. The van der Waals surface area contributed by atoms with E-state index in [4.69, 9.17) is 0 Å². The highest BCUT2D eigenvalue weighted by molar-refractivity contribution is 5.79. The van der Waals surface area contributed by atoms with E-state index in [1.807, 2.05) is 43.0 Å². The number of hydrogen-bond acceptors (Lipinski definition) is 2. The van der Waals surface area contributed by atoms with E-state index in [1.54, 1.807) is 0 Å². The van der Waals surface area contributed by atoms with Crippen LogP contribution >= 0.6 is 0 Å². The molecule has 0 bridgehead atoms. The van der Waals surface area contributed by atoms with Gasteiger partial charge in [0.05, 0.1) is 6.42 Å². The van der Waals surface area contributed by atoms with Crippen LogP contribution in [0.15, 0.2) is 24.3 Å². The Labute approximate surface area is 132 Å². The average molecular weight is 302 g/mol. The van der Waals surface area contributed by atoms with Crippen LogP contribution in [0.5, 0.6) is 0 Å². The van der Waals surface area contributed by atoms with Crippen molar-refractivity contribution in [2.24, 2.45) is 0 Å². The van der Waals surface area contributed by atoms with E-state index in [1.165, 1.54) is 0 Å². The zero-order valence-corrected chi connectivity index (χ0v) is 13.6. The minimum atomic E-state index is 0.132. The molecule has 1 N–H and O–H groups in total. The molecule has 0 unspecified atom stereocenters. The summed E-state index contributed by atoms with van der Waals surface area (Å²) in [4.78, 5) is 25.9. The van der Waals surface area contributed by atoms with Gasteiger partial charge in [0.2, 0.25) is 11.8 Å². The first-order valence-electron chi connectivity index (χ1n) is 8.21. The summed E-state index contributed by atoms with van der Waals surface area (Å²) in [6.07, 6.45) is 3.65. The van der Waals surface area contributed by atoms with E-state index in [2.05, 4.69) is 5.32 Å². The van der Waals surface area contributed by atoms with E-state index >= 15 is 0 Å². The Hall–Kier alpha value is -1.84. The van der Waals surface area contributed by atoms with Gasteiger partial charge in [-0.2, -0.15) is 0 Å². The molecule has 0 saturated carbocycles. The van der Waals surface area contributed by atoms with Crippen molar-refractivity contribution >= 4 is 11.8 Å². The maximum atomic E-state index is 12.4. The Kier molecular flexibility index (Phi) is 5.99. The Balaban J connectivity index is 1.80. The van der Waals surface area contributed by atoms with E-state index in [9.17, 15) is 9.59 Å². The van der Waals surface area contributed by atoms with E-state index in [0.29, 0.717) is 12.8 Å². The maximum Gasteiger partial charge on any atom is 0.227 e. The van der Waals surface area contributed by atoms with Crippen LogP contribution in [0.4, 0.5) is 0 Å². The third-order valence-electron chi connectivity index (χ3n) is 4.29. The molecule has 1 saturated heterocycles. The SMILES string of the molecule is CCCC(=O)NC1CCN(C(=O)Cc2ccccc2C)CC1. The molecule has 4 nitrogen and oxygen atoms in total. The van der Waals surface area contributed by atoms with Gasteiger partial charge in [-0.15, -0.1) is 0 Å². The summed E-state index contributed by atoms with van der Waals surface area (Å²) in [5, 5.41) is 3.06. The standard InChI is InChI=1S/C18H26N2O2/c1-3-6-17(21)19-16-9-11-20(12-10-16)18(22)13-15-8-5-4-7-14(15)2/h4-5,7-8,16H,3,6,9-13H2,1-2H3,(H,19,21). The molecule has 4 heteroatoms. The van der Waals surface area contributed by atoms with Crippen LogP contribution < -0.4 is 5.32 Å². The van der Waals surface area contributed by atoms with Crippen molar-refractivity contribution in [2.45, 2.75) is 52.0 Å². The van der Waals surface area contributed by atoms with Gasteiger partial charge in [-0.3, -0.25) is 9.59 Å². The van der Waals surface area contributed by atoms with Gasteiger partial charge in [0.15, 0.2) is 0 Å². The first-order chi connectivity index (χ1) is 10.6. The van der Waals surface area contributed by atoms with Crippen molar-refractivity contribution in [3.05, 3.63) is 35.4 Å². The van der Waals surface area contributed by atoms with E-state index in [-0.39, 0.29) is 17.9 Å². The first-order valence-corrected chi connectivity index (χ1v) is 8.21. The normalized spacial score (nSPS) is 15.6. The van der Waals surface area contributed by atoms with Gasteiger partial charge in [0, 0.05) is 25.6 Å². The number of carbonyl (C=O) groups is 2. The van der Waals surface area contributed by atoms with Gasteiger partial charge in [-0.05, 0) is 37.3 Å². The van der Waals surface area contributed by atoms with Crippen molar-refractivity contribution < 1.29 is 9.59 Å². The summed E-state index contributed by atoms with van der Waals surface area (Å²) < 4.78 is 0. The van der Waals surface area contributed by atoms with Gasteiger partial charge >= 0.3 is 0 Å². The van der Waals surface area contributed by atoms with Crippen molar-refractivity contribution in [3.63, 3.8) is 0 Å². The highest BCUT2D eigenvalue weighted by Crippen LogP contribution is 2.14. The summed E-state index contributed by atoms with van der Waals surface area (Å²) in [6.45, 7) is 5.52. The number of carbonyl (C=O) groups excluding carboxylic acids is 2. The number of piperidine rings is 1. The van der Waals surface area contributed by atoms with Gasteiger partial charge in [-0.1, -0.05) is 31.2 Å². The van der Waals surface area contributed by atoms with Crippen LogP contribution in [0, 0.1) is 6.92 Å². The van der Waals surface area contributed by atoms with Crippen molar-refractivity contribution in [3.8, 4) is 0 Å². The van der Waals surface area contributed by atoms with Crippen LogP contribution in [-0.4, -0.2) is 35.8 Å². The molecule has 2 rings (SSSR count). The van der Waals surface area contributed by atoms with Crippen molar-refractivity contribution in [1.29, 1.82) is 0 Å². The lowest BCUT2D eigenvalue weighted by Gasteiger charge is -2.32. The Bertz CT molecular complexity index is 520. The molecule has 1 heterocycles. The lowest BCUT2D eigenvalue weighted by Crippen LogP contribution is -2.46. The fraction of sp³-hybridized carbons (Fsp3) is 0.556. The second kappa shape index (κ2) is 7.97. The fourth-order valence-electron chi connectivity index (χ4n) is 2.88. The molecule has 22 heavy (non-hydrogen) atoms. The molecule has 1 fully saturated rings. The lowest BCUT2D eigenvalue weighted by atomic mass is 10.0. The molecule has 0 spiro atoms. The molecule has 2 amide bonds. The molecule has 1 aromatic rings. The van der Waals surface area contributed by atoms with Crippen LogP contribution in [0.3, 0.4) is 0 Å². The van der Waals surface area contributed by atoms with E-state index in [0.717, 1.165) is 43.5 Å². The summed E-state index contributed by atoms with van der Waals surface area (Å²) >= 11 is 0. The predicted molar refractivity (Wildman–Crippen MR) is 87.5 cm³/mol. The Morgan fingerprint density at radius 3 is 2.55 bits per heavy atom. The molecule has 1 aliphatic heterocycles. The molecular formula is C18H26N2O2. The van der Waals surface area contributed by atoms with Crippen LogP contribution in [0.25, 0.3) is 0 Å². The van der Waals surface area contributed by atoms with Crippen LogP contribution in [0.2, 0.25) is 0 Å². The second-order valence-electron chi connectivity index (χ2n) is 6.08. The largest absolute Gasteiger partial charge is 0.353 e. The number of hydrogen-bond donors (Lipinski definition) is 1. The minimum absolute atomic E-state index is 0.132. The Morgan fingerprint density at radius 1 is 1.23 bits per heavy atom. The van der Waals surface area contributed by atoms with Crippen molar-refractivity contribution in [1.82, 2.24) is 10.2 Å². The number of rotatable bonds is 5. The second-order valence-corrected chi connectivity index (χ2v) is 6.08. The molecule has 1 aromatic carbocycles. The third kappa shape index (κ3) is 4.58. The maximum absolute atomic E-state index is 12.4. The molecule has 120 valence electrons. The molecule has 0 atom stereocenters. The first kappa shape index (κ1) is 16.5. The fourth-order valence-corrected chi connectivity index (χ4v) is 2.88. The number of amides is 2. The number of nitrogens with one attached hydrogen (secondary N) is 1. The number of benzene rings is 1. The molecule has 1 aliphatic rings. The monoisotopic (exact) mass is 302 g/mol. The number of nitrogens with zero attached hydrogens (tertiary/aromatic N) is 1. The van der Waals surface area contributed by atoms with Crippen LogP contribution in [0.1, 0.15) is 43.7 Å². The zero-order chi connectivity index (χ0) is 15.9. The smallest absolute Gasteiger partial charge is 0.227 e. The highest BCUT2D eigenvalue weighted by atomic mass is 16.2. The topological polar surface area (TPSA) is 49.4 Å². The number of likely N-dealkylation sites (tertiary alicyclic amines) is 1. The molecule has 0 aliphatic carbocycles. The summed E-state index contributed by atoms with van der Waals surface area (Å²) in [6, 6.07) is 8.25. The third-order valence-corrected chi connectivity index (χ3v) is 4.29. The summed E-state index contributed by atoms with van der Waals surface area (Å²) in [5.41, 5.74) is 2.27.